The Balaban J connectivity index is 2.78. The molecule has 0 atom stereocenters. The van der Waals surface area contributed by atoms with Crippen LogP contribution in [0.4, 0.5) is 10.1 Å². The van der Waals surface area contributed by atoms with Gasteiger partial charge in [0.1, 0.15) is 5.82 Å². The molecule has 0 bridgehead atoms. The zero-order chi connectivity index (χ0) is 12.6. The number of halogens is 1. The summed E-state index contributed by atoms with van der Waals surface area (Å²) >= 11 is 0. The van der Waals surface area contributed by atoms with Crippen LogP contribution in [-0.4, -0.2) is 4.98 Å². The first-order valence-corrected chi connectivity index (χ1v) is 5.60. The molecule has 17 heavy (non-hydrogen) atoms. The third kappa shape index (κ3) is 2.08. The van der Waals surface area contributed by atoms with Gasteiger partial charge in [-0.1, -0.05) is 13.8 Å². The van der Waals surface area contributed by atoms with Crippen LogP contribution in [0.3, 0.4) is 0 Å². The van der Waals surface area contributed by atoms with E-state index in [0.717, 1.165) is 16.8 Å². The van der Waals surface area contributed by atoms with Crippen molar-refractivity contribution < 1.29 is 4.39 Å². The molecule has 1 aromatic carbocycles. The van der Waals surface area contributed by atoms with Gasteiger partial charge in [0, 0.05) is 17.1 Å². The second-order valence-electron chi connectivity index (χ2n) is 4.51. The van der Waals surface area contributed by atoms with Crippen molar-refractivity contribution in [2.45, 2.75) is 26.7 Å². The number of aromatic nitrogens is 1. The van der Waals surface area contributed by atoms with E-state index in [9.17, 15) is 4.39 Å². The Morgan fingerprint density at radius 2 is 2.00 bits per heavy atom. The van der Waals surface area contributed by atoms with Gasteiger partial charge in [-0.2, -0.15) is 0 Å². The SMILES string of the molecule is Cc1cc2c(NN)cc(C(C)C)nc2cc1F. The normalized spacial score (nSPS) is 11.2. The van der Waals surface area contributed by atoms with E-state index in [1.165, 1.54) is 6.07 Å². The molecule has 0 amide bonds. The second kappa shape index (κ2) is 4.30. The van der Waals surface area contributed by atoms with E-state index in [2.05, 4.69) is 10.4 Å². The fourth-order valence-electron chi connectivity index (χ4n) is 1.79. The molecule has 0 aliphatic heterocycles. The number of aryl methyl sites for hydroxylation is 1. The molecular formula is C13H16FN3. The largest absolute Gasteiger partial charge is 0.323 e. The zero-order valence-electron chi connectivity index (χ0n) is 10.2. The summed E-state index contributed by atoms with van der Waals surface area (Å²) in [5.74, 6) is 5.53. The first-order valence-electron chi connectivity index (χ1n) is 5.60. The Bertz CT molecular complexity index is 564. The lowest BCUT2D eigenvalue weighted by molar-refractivity contribution is 0.620. The molecule has 0 fully saturated rings. The molecule has 2 rings (SSSR count). The minimum atomic E-state index is -0.242. The second-order valence-corrected chi connectivity index (χ2v) is 4.51. The number of benzene rings is 1. The molecule has 0 unspecified atom stereocenters. The van der Waals surface area contributed by atoms with Crippen LogP contribution in [0.5, 0.6) is 0 Å². The summed E-state index contributed by atoms with van der Waals surface area (Å²) in [4.78, 5) is 4.45. The van der Waals surface area contributed by atoms with Crippen LogP contribution in [0, 0.1) is 12.7 Å². The summed E-state index contributed by atoms with van der Waals surface area (Å²) in [5.41, 5.74) is 5.55. The maximum absolute atomic E-state index is 13.5. The summed E-state index contributed by atoms with van der Waals surface area (Å²) in [6.07, 6.45) is 0. The summed E-state index contributed by atoms with van der Waals surface area (Å²) < 4.78 is 13.5. The van der Waals surface area contributed by atoms with Crippen LogP contribution in [-0.2, 0) is 0 Å². The van der Waals surface area contributed by atoms with Gasteiger partial charge < -0.3 is 5.43 Å². The third-order valence-electron chi connectivity index (χ3n) is 2.86. The number of fused-ring (bicyclic) bond motifs is 1. The molecule has 0 saturated carbocycles. The number of nitrogen functional groups attached to an aromatic ring is 1. The van der Waals surface area contributed by atoms with Crippen molar-refractivity contribution in [2.75, 3.05) is 5.43 Å². The zero-order valence-corrected chi connectivity index (χ0v) is 10.2. The topological polar surface area (TPSA) is 50.9 Å². The fraction of sp³-hybridized carbons (Fsp3) is 0.308. The van der Waals surface area contributed by atoms with Crippen LogP contribution < -0.4 is 11.3 Å². The van der Waals surface area contributed by atoms with Crippen molar-refractivity contribution in [3.8, 4) is 0 Å². The molecule has 0 spiro atoms. The van der Waals surface area contributed by atoms with Gasteiger partial charge in [0.2, 0.25) is 0 Å². The fourth-order valence-corrected chi connectivity index (χ4v) is 1.79. The molecule has 0 aliphatic carbocycles. The summed E-state index contributed by atoms with van der Waals surface area (Å²) in [6, 6.07) is 5.12. The standard InChI is InChI=1S/C13H16FN3/c1-7(2)11-6-13(17-15)9-4-8(3)10(14)5-12(9)16-11/h4-7H,15H2,1-3H3,(H,16,17). The number of hydrogen-bond acceptors (Lipinski definition) is 3. The van der Waals surface area contributed by atoms with Gasteiger partial charge in [0.15, 0.2) is 0 Å². The number of nitrogens with zero attached hydrogens (tertiary/aromatic N) is 1. The van der Waals surface area contributed by atoms with Gasteiger partial charge in [-0.15, -0.1) is 0 Å². The smallest absolute Gasteiger partial charge is 0.128 e. The summed E-state index contributed by atoms with van der Waals surface area (Å²) in [7, 11) is 0. The predicted octanol–water partition coefficient (Wildman–Crippen LogP) is 3.09. The van der Waals surface area contributed by atoms with Gasteiger partial charge >= 0.3 is 0 Å². The average molecular weight is 233 g/mol. The molecule has 1 heterocycles. The van der Waals surface area contributed by atoms with Crippen LogP contribution in [0.1, 0.15) is 31.0 Å². The van der Waals surface area contributed by atoms with E-state index < -0.39 is 0 Å². The molecule has 3 N–H and O–H groups in total. The molecule has 0 radical (unpaired) electrons. The molecule has 1 aromatic heterocycles. The average Bonchev–Trinajstić information content (AvgIpc) is 2.29. The molecule has 2 aromatic rings. The summed E-state index contributed by atoms with van der Waals surface area (Å²) in [5, 5.41) is 0.843. The van der Waals surface area contributed by atoms with Crippen LogP contribution >= 0.6 is 0 Å². The van der Waals surface area contributed by atoms with Crippen molar-refractivity contribution in [2.24, 2.45) is 5.84 Å². The van der Waals surface area contributed by atoms with E-state index in [1.54, 1.807) is 13.0 Å². The predicted molar refractivity (Wildman–Crippen MR) is 68.3 cm³/mol. The number of hydrogen-bond donors (Lipinski definition) is 2. The first kappa shape index (κ1) is 11.8. The maximum atomic E-state index is 13.5. The first-order chi connectivity index (χ1) is 8.02. The number of rotatable bonds is 2. The highest BCUT2D eigenvalue weighted by molar-refractivity contribution is 5.91. The lowest BCUT2D eigenvalue weighted by Gasteiger charge is -2.12. The van der Waals surface area contributed by atoms with Crippen molar-refractivity contribution >= 4 is 16.6 Å². The number of hydrazine groups is 1. The highest BCUT2D eigenvalue weighted by atomic mass is 19.1. The van der Waals surface area contributed by atoms with Crippen LogP contribution in [0.2, 0.25) is 0 Å². The van der Waals surface area contributed by atoms with Gasteiger partial charge in [-0.3, -0.25) is 10.8 Å². The van der Waals surface area contributed by atoms with Crippen molar-refractivity contribution in [3.05, 3.63) is 35.3 Å². The Hall–Kier alpha value is -1.68. The lowest BCUT2D eigenvalue weighted by Crippen LogP contribution is -2.09. The van der Waals surface area contributed by atoms with E-state index >= 15 is 0 Å². The number of anilines is 1. The molecule has 4 heteroatoms. The van der Waals surface area contributed by atoms with Crippen molar-refractivity contribution in [1.82, 2.24) is 4.98 Å². The number of nitrogens with one attached hydrogen (secondary N) is 1. The number of nitrogens with two attached hydrogens (primary N) is 1. The van der Waals surface area contributed by atoms with Crippen molar-refractivity contribution in [3.63, 3.8) is 0 Å². The highest BCUT2D eigenvalue weighted by Crippen LogP contribution is 2.27. The third-order valence-corrected chi connectivity index (χ3v) is 2.86. The Kier molecular flexibility index (Phi) is 2.98. The molecule has 0 aliphatic rings. The molecular weight excluding hydrogens is 217 g/mol. The van der Waals surface area contributed by atoms with Gasteiger partial charge in [-0.05, 0) is 30.5 Å². The van der Waals surface area contributed by atoms with Crippen LogP contribution in [0.25, 0.3) is 10.9 Å². The van der Waals surface area contributed by atoms with Crippen molar-refractivity contribution in [1.29, 1.82) is 0 Å². The minimum Gasteiger partial charge on any atom is -0.323 e. The van der Waals surface area contributed by atoms with Gasteiger partial charge in [0.05, 0.1) is 11.2 Å². The van der Waals surface area contributed by atoms with Gasteiger partial charge in [-0.25, -0.2) is 4.39 Å². The minimum absolute atomic E-state index is 0.242. The highest BCUT2D eigenvalue weighted by Gasteiger charge is 2.10. The quantitative estimate of drug-likeness (QED) is 0.619. The Morgan fingerprint density at radius 1 is 1.29 bits per heavy atom. The Morgan fingerprint density at radius 3 is 2.59 bits per heavy atom. The maximum Gasteiger partial charge on any atom is 0.128 e. The van der Waals surface area contributed by atoms with E-state index in [-0.39, 0.29) is 11.7 Å². The summed E-state index contributed by atoms with van der Waals surface area (Å²) in [6.45, 7) is 5.81. The molecule has 0 saturated heterocycles. The van der Waals surface area contributed by atoms with E-state index in [0.29, 0.717) is 11.1 Å². The van der Waals surface area contributed by atoms with E-state index in [4.69, 9.17) is 5.84 Å². The monoisotopic (exact) mass is 233 g/mol. The van der Waals surface area contributed by atoms with Crippen LogP contribution in [0.15, 0.2) is 18.2 Å². The lowest BCUT2D eigenvalue weighted by atomic mass is 10.0. The number of pyridine rings is 1. The molecule has 3 nitrogen and oxygen atoms in total. The molecule has 90 valence electrons. The Labute approximate surface area is 99.8 Å². The van der Waals surface area contributed by atoms with E-state index in [1.807, 2.05) is 19.9 Å². The van der Waals surface area contributed by atoms with Gasteiger partial charge in [0.25, 0.3) is 0 Å².